The van der Waals surface area contributed by atoms with Gasteiger partial charge in [0.15, 0.2) is 0 Å². The predicted octanol–water partition coefficient (Wildman–Crippen LogP) is 4.18. The second-order valence-corrected chi connectivity index (χ2v) is 5.27. The minimum Gasteiger partial charge on any atom is -0.492 e. The first-order valence-electron chi connectivity index (χ1n) is 6.04. The van der Waals surface area contributed by atoms with Crippen LogP contribution < -0.4 is 10.1 Å². The number of ether oxygens (including phenoxy) is 1. The highest BCUT2D eigenvalue weighted by Gasteiger charge is 2.13. The second kappa shape index (κ2) is 8.11. The lowest BCUT2D eigenvalue weighted by Crippen LogP contribution is -2.30. The van der Waals surface area contributed by atoms with E-state index >= 15 is 0 Å². The molecule has 1 heterocycles. The van der Waals surface area contributed by atoms with E-state index in [1.807, 2.05) is 0 Å². The van der Waals surface area contributed by atoms with Gasteiger partial charge in [0.05, 0.1) is 11.6 Å². The lowest BCUT2D eigenvalue weighted by Gasteiger charge is -2.22. The van der Waals surface area contributed by atoms with E-state index in [1.165, 1.54) is 12.8 Å². The van der Waals surface area contributed by atoms with Gasteiger partial charge in [0.1, 0.15) is 5.75 Å². The van der Waals surface area contributed by atoms with Crippen LogP contribution in [0, 0.1) is 5.92 Å². The number of halogens is 3. The zero-order chi connectivity index (χ0) is 12.1. The van der Waals surface area contributed by atoms with Crippen molar-refractivity contribution in [2.45, 2.75) is 19.3 Å². The third kappa shape index (κ3) is 4.85. The molecule has 1 aromatic rings. The van der Waals surface area contributed by atoms with Gasteiger partial charge in [0.2, 0.25) is 0 Å². The molecule has 5 heteroatoms. The average Bonchev–Trinajstić information content (AvgIpc) is 2.35. The first-order chi connectivity index (χ1) is 8.25. The summed E-state index contributed by atoms with van der Waals surface area (Å²) in [6.45, 7) is 2.95. The Balaban J connectivity index is 0.00000162. The molecule has 1 aliphatic heterocycles. The molecule has 1 N–H and O–H groups in total. The molecule has 1 aromatic carbocycles. The largest absolute Gasteiger partial charge is 0.492 e. The monoisotopic (exact) mass is 309 g/mol. The van der Waals surface area contributed by atoms with Crippen LogP contribution in [-0.4, -0.2) is 19.7 Å². The van der Waals surface area contributed by atoms with Crippen LogP contribution in [0.4, 0.5) is 0 Å². The molecule has 1 unspecified atom stereocenters. The Labute approximate surface area is 124 Å². The van der Waals surface area contributed by atoms with E-state index in [1.54, 1.807) is 18.2 Å². The summed E-state index contributed by atoms with van der Waals surface area (Å²) in [5, 5.41) is 4.68. The van der Waals surface area contributed by atoms with Gasteiger partial charge < -0.3 is 10.1 Å². The highest BCUT2D eigenvalue weighted by molar-refractivity contribution is 6.34. The Morgan fingerprint density at radius 3 is 2.89 bits per heavy atom. The number of rotatable bonds is 4. The standard InChI is InChI=1S/C13H17Cl2NO.ClH/c14-11-3-4-12(15)13(8-11)17-7-5-10-2-1-6-16-9-10;/h3-4,8,10,16H,1-2,5-7,9H2;1H. The number of piperidine rings is 1. The Hall–Kier alpha value is -0.150. The van der Waals surface area contributed by atoms with Gasteiger partial charge in [0, 0.05) is 11.1 Å². The van der Waals surface area contributed by atoms with Crippen molar-refractivity contribution in [3.63, 3.8) is 0 Å². The molecule has 1 atom stereocenters. The molecular weight excluding hydrogens is 293 g/mol. The molecule has 0 saturated carbocycles. The minimum absolute atomic E-state index is 0. The van der Waals surface area contributed by atoms with Gasteiger partial charge in [-0.15, -0.1) is 12.4 Å². The van der Waals surface area contributed by atoms with E-state index in [0.29, 0.717) is 22.4 Å². The minimum atomic E-state index is 0. The van der Waals surface area contributed by atoms with Crippen molar-refractivity contribution in [2.24, 2.45) is 5.92 Å². The molecule has 0 spiro atoms. The Bertz CT molecular complexity index is 367. The van der Waals surface area contributed by atoms with Crippen LogP contribution in [0.15, 0.2) is 18.2 Å². The van der Waals surface area contributed by atoms with Gasteiger partial charge in [-0.05, 0) is 50.4 Å². The number of benzene rings is 1. The van der Waals surface area contributed by atoms with Crippen molar-refractivity contribution < 1.29 is 4.74 Å². The summed E-state index contributed by atoms with van der Waals surface area (Å²) < 4.78 is 5.68. The van der Waals surface area contributed by atoms with E-state index in [4.69, 9.17) is 27.9 Å². The molecule has 18 heavy (non-hydrogen) atoms. The highest BCUT2D eigenvalue weighted by Crippen LogP contribution is 2.28. The van der Waals surface area contributed by atoms with Crippen LogP contribution in [0.5, 0.6) is 5.75 Å². The van der Waals surface area contributed by atoms with Gasteiger partial charge in [0.25, 0.3) is 0 Å². The number of nitrogens with one attached hydrogen (secondary N) is 1. The summed E-state index contributed by atoms with van der Waals surface area (Å²) in [6.07, 6.45) is 3.62. The third-order valence-electron chi connectivity index (χ3n) is 3.08. The van der Waals surface area contributed by atoms with Gasteiger partial charge in [-0.25, -0.2) is 0 Å². The summed E-state index contributed by atoms with van der Waals surface area (Å²) >= 11 is 11.9. The maximum Gasteiger partial charge on any atom is 0.139 e. The second-order valence-electron chi connectivity index (χ2n) is 4.42. The van der Waals surface area contributed by atoms with Crippen molar-refractivity contribution in [3.05, 3.63) is 28.2 Å². The molecule has 2 rings (SSSR count). The lowest BCUT2D eigenvalue weighted by atomic mass is 9.97. The van der Waals surface area contributed by atoms with Crippen molar-refractivity contribution in [3.8, 4) is 5.75 Å². The van der Waals surface area contributed by atoms with Crippen LogP contribution in [0.3, 0.4) is 0 Å². The molecule has 1 saturated heterocycles. The maximum absolute atomic E-state index is 6.02. The van der Waals surface area contributed by atoms with Crippen LogP contribution in [0.1, 0.15) is 19.3 Å². The predicted molar refractivity (Wildman–Crippen MR) is 79.4 cm³/mol. The average molecular weight is 311 g/mol. The molecule has 1 fully saturated rings. The third-order valence-corrected chi connectivity index (χ3v) is 3.62. The first kappa shape index (κ1) is 15.9. The lowest BCUT2D eigenvalue weighted by molar-refractivity contribution is 0.254. The van der Waals surface area contributed by atoms with Gasteiger partial charge in [-0.3, -0.25) is 0 Å². The maximum atomic E-state index is 6.02. The summed E-state index contributed by atoms with van der Waals surface area (Å²) in [4.78, 5) is 0. The fourth-order valence-electron chi connectivity index (χ4n) is 2.09. The molecule has 2 nitrogen and oxygen atoms in total. The number of hydrogen-bond acceptors (Lipinski definition) is 2. The number of hydrogen-bond donors (Lipinski definition) is 1. The van der Waals surface area contributed by atoms with Crippen molar-refractivity contribution in [1.82, 2.24) is 5.32 Å². The Morgan fingerprint density at radius 2 is 2.17 bits per heavy atom. The molecule has 0 aromatic heterocycles. The van der Waals surface area contributed by atoms with E-state index in [9.17, 15) is 0 Å². The van der Waals surface area contributed by atoms with Crippen molar-refractivity contribution in [1.29, 1.82) is 0 Å². The molecule has 102 valence electrons. The quantitative estimate of drug-likeness (QED) is 0.900. The van der Waals surface area contributed by atoms with Gasteiger partial charge in [-0.2, -0.15) is 0 Å². The molecule has 0 radical (unpaired) electrons. The fourth-order valence-corrected chi connectivity index (χ4v) is 2.43. The van der Waals surface area contributed by atoms with Gasteiger partial charge >= 0.3 is 0 Å². The smallest absolute Gasteiger partial charge is 0.139 e. The molecule has 0 bridgehead atoms. The zero-order valence-corrected chi connectivity index (χ0v) is 12.5. The summed E-state index contributed by atoms with van der Waals surface area (Å²) in [5.74, 6) is 1.41. The van der Waals surface area contributed by atoms with Crippen LogP contribution in [-0.2, 0) is 0 Å². The Kier molecular flexibility index (Phi) is 7.16. The van der Waals surface area contributed by atoms with Crippen LogP contribution in [0.2, 0.25) is 10.0 Å². The fraction of sp³-hybridized carbons (Fsp3) is 0.538. The summed E-state index contributed by atoms with van der Waals surface area (Å²) in [6, 6.07) is 5.30. The SMILES string of the molecule is Cl.Clc1ccc(Cl)c(OCCC2CCCNC2)c1. The zero-order valence-electron chi connectivity index (χ0n) is 10.1. The first-order valence-corrected chi connectivity index (χ1v) is 6.80. The van der Waals surface area contributed by atoms with E-state index in [0.717, 1.165) is 25.4 Å². The molecule has 0 amide bonds. The van der Waals surface area contributed by atoms with E-state index in [2.05, 4.69) is 5.32 Å². The normalized spacial score (nSPS) is 19.1. The van der Waals surface area contributed by atoms with E-state index < -0.39 is 0 Å². The summed E-state index contributed by atoms with van der Waals surface area (Å²) in [7, 11) is 0. The topological polar surface area (TPSA) is 21.3 Å². The van der Waals surface area contributed by atoms with Crippen LogP contribution in [0.25, 0.3) is 0 Å². The van der Waals surface area contributed by atoms with Crippen molar-refractivity contribution in [2.75, 3.05) is 19.7 Å². The molecule has 0 aliphatic carbocycles. The Morgan fingerprint density at radius 1 is 1.33 bits per heavy atom. The highest BCUT2D eigenvalue weighted by atomic mass is 35.5. The van der Waals surface area contributed by atoms with Gasteiger partial charge in [-0.1, -0.05) is 23.2 Å². The van der Waals surface area contributed by atoms with Crippen LogP contribution >= 0.6 is 35.6 Å². The summed E-state index contributed by atoms with van der Waals surface area (Å²) in [5.41, 5.74) is 0. The molecular formula is C13H18Cl3NO. The van der Waals surface area contributed by atoms with Crippen molar-refractivity contribution >= 4 is 35.6 Å². The molecule has 1 aliphatic rings. The van der Waals surface area contributed by atoms with E-state index in [-0.39, 0.29) is 12.4 Å².